The molecule has 4 nitrogen and oxygen atoms in total. The topological polar surface area (TPSA) is 46.9 Å². The van der Waals surface area contributed by atoms with Crippen molar-refractivity contribution in [1.82, 2.24) is 14.9 Å². The second-order valence-corrected chi connectivity index (χ2v) is 6.44. The molecule has 1 atom stereocenters. The summed E-state index contributed by atoms with van der Waals surface area (Å²) in [5, 5.41) is 4.28. The summed E-state index contributed by atoms with van der Waals surface area (Å²) in [5.74, 6) is 1.15. The van der Waals surface area contributed by atoms with Crippen molar-refractivity contribution in [2.24, 2.45) is 0 Å². The van der Waals surface area contributed by atoms with Gasteiger partial charge in [0.1, 0.15) is 5.82 Å². The number of hydrogen-bond acceptors (Lipinski definition) is 3. The molecule has 4 rings (SSSR count). The van der Waals surface area contributed by atoms with Crippen LogP contribution in [0.1, 0.15) is 21.9 Å². The summed E-state index contributed by atoms with van der Waals surface area (Å²) >= 11 is 1.55. The zero-order valence-electron chi connectivity index (χ0n) is 11.5. The van der Waals surface area contributed by atoms with Crippen molar-refractivity contribution >= 4 is 27.3 Å². The fourth-order valence-electron chi connectivity index (χ4n) is 2.83. The first-order valence-electron chi connectivity index (χ1n) is 7.09. The molecular formula is C16H15N3OS. The van der Waals surface area contributed by atoms with E-state index in [2.05, 4.69) is 20.9 Å². The molecule has 1 aliphatic rings. The van der Waals surface area contributed by atoms with E-state index in [1.54, 1.807) is 11.3 Å². The number of benzene rings is 1. The number of hydrogen-bond donors (Lipinski definition) is 1. The first-order valence-corrected chi connectivity index (χ1v) is 7.91. The number of imidazole rings is 1. The molecule has 3 heterocycles. The third kappa shape index (κ3) is 2.34. The van der Waals surface area contributed by atoms with E-state index in [0.717, 1.165) is 40.2 Å². The average molecular weight is 297 g/mol. The fraction of sp³-hybridized carbons (Fsp3) is 0.250. The number of fused-ring (bicyclic) bond motifs is 2. The molecule has 1 aromatic carbocycles. The molecule has 1 aliphatic heterocycles. The molecule has 0 fully saturated rings. The van der Waals surface area contributed by atoms with Crippen LogP contribution in [0, 0.1) is 0 Å². The number of rotatable bonds is 2. The van der Waals surface area contributed by atoms with Crippen molar-refractivity contribution in [1.29, 1.82) is 0 Å². The number of aromatic nitrogens is 2. The predicted molar refractivity (Wildman–Crippen MR) is 83.6 cm³/mol. The highest BCUT2D eigenvalue weighted by molar-refractivity contribution is 7.20. The van der Waals surface area contributed by atoms with Gasteiger partial charge in [-0.3, -0.25) is 4.79 Å². The van der Waals surface area contributed by atoms with Crippen LogP contribution in [0.2, 0.25) is 0 Å². The highest BCUT2D eigenvalue weighted by atomic mass is 32.1. The van der Waals surface area contributed by atoms with Gasteiger partial charge in [0, 0.05) is 36.1 Å². The van der Waals surface area contributed by atoms with Crippen molar-refractivity contribution < 1.29 is 4.79 Å². The predicted octanol–water partition coefficient (Wildman–Crippen LogP) is 2.84. The Morgan fingerprint density at radius 1 is 1.38 bits per heavy atom. The van der Waals surface area contributed by atoms with Crippen LogP contribution in [0.5, 0.6) is 0 Å². The van der Waals surface area contributed by atoms with Crippen molar-refractivity contribution in [2.75, 3.05) is 0 Å². The first-order chi connectivity index (χ1) is 10.3. The summed E-state index contributed by atoms with van der Waals surface area (Å²) in [7, 11) is 0. The Morgan fingerprint density at radius 3 is 3.19 bits per heavy atom. The highest BCUT2D eigenvalue weighted by Gasteiger charge is 2.21. The summed E-state index contributed by atoms with van der Waals surface area (Å²) in [5.41, 5.74) is 0. The summed E-state index contributed by atoms with van der Waals surface area (Å²) < 4.78 is 3.28. The second kappa shape index (κ2) is 5.00. The minimum Gasteiger partial charge on any atom is -0.347 e. The van der Waals surface area contributed by atoms with Crippen LogP contribution in [-0.4, -0.2) is 21.5 Å². The number of nitrogens with zero attached hydrogens (tertiary/aromatic N) is 2. The molecule has 0 radical (unpaired) electrons. The normalized spacial score (nSPS) is 17.6. The van der Waals surface area contributed by atoms with Gasteiger partial charge in [0.2, 0.25) is 0 Å². The molecule has 1 amide bonds. The van der Waals surface area contributed by atoms with Gasteiger partial charge < -0.3 is 9.88 Å². The number of aryl methyl sites for hydroxylation is 1. The summed E-state index contributed by atoms with van der Waals surface area (Å²) in [6.45, 7) is 0.811. The molecular weight excluding hydrogens is 282 g/mol. The zero-order valence-corrected chi connectivity index (χ0v) is 12.3. The van der Waals surface area contributed by atoms with Crippen LogP contribution in [-0.2, 0) is 13.0 Å². The Morgan fingerprint density at radius 2 is 2.29 bits per heavy atom. The number of amides is 1. The number of thiophene rings is 1. The van der Waals surface area contributed by atoms with Gasteiger partial charge in [-0.15, -0.1) is 11.3 Å². The number of carbonyl (C=O) groups is 1. The fourth-order valence-corrected chi connectivity index (χ4v) is 3.80. The minimum atomic E-state index is 0.0322. The van der Waals surface area contributed by atoms with Crippen LogP contribution >= 0.6 is 11.3 Å². The zero-order chi connectivity index (χ0) is 14.2. The number of carbonyl (C=O) groups excluding carboxylic acids is 1. The molecule has 0 aliphatic carbocycles. The van der Waals surface area contributed by atoms with E-state index in [1.807, 2.05) is 36.7 Å². The van der Waals surface area contributed by atoms with Crippen LogP contribution in [0.3, 0.4) is 0 Å². The molecule has 21 heavy (non-hydrogen) atoms. The van der Waals surface area contributed by atoms with Gasteiger partial charge in [-0.25, -0.2) is 4.98 Å². The maximum absolute atomic E-state index is 12.4. The van der Waals surface area contributed by atoms with Gasteiger partial charge in [0.25, 0.3) is 5.91 Å². The van der Waals surface area contributed by atoms with Gasteiger partial charge in [-0.1, -0.05) is 18.2 Å². The van der Waals surface area contributed by atoms with Crippen molar-refractivity contribution in [2.45, 2.75) is 25.4 Å². The number of nitrogens with one attached hydrogen (secondary N) is 1. The summed E-state index contributed by atoms with van der Waals surface area (Å²) in [6, 6.07) is 10.3. The van der Waals surface area contributed by atoms with E-state index >= 15 is 0 Å². The van der Waals surface area contributed by atoms with Gasteiger partial charge in [-0.05, 0) is 23.9 Å². The van der Waals surface area contributed by atoms with Gasteiger partial charge in [-0.2, -0.15) is 0 Å². The lowest BCUT2D eigenvalue weighted by molar-refractivity contribution is 0.0932. The molecule has 3 aromatic rings. The largest absolute Gasteiger partial charge is 0.347 e. The van der Waals surface area contributed by atoms with Crippen LogP contribution < -0.4 is 5.32 Å². The molecule has 0 spiro atoms. The van der Waals surface area contributed by atoms with Crippen LogP contribution in [0.15, 0.2) is 42.7 Å². The molecule has 1 unspecified atom stereocenters. The molecule has 0 bridgehead atoms. The molecule has 0 saturated carbocycles. The molecule has 0 saturated heterocycles. The van der Waals surface area contributed by atoms with Crippen molar-refractivity contribution in [3.63, 3.8) is 0 Å². The van der Waals surface area contributed by atoms with Gasteiger partial charge in [0.05, 0.1) is 4.88 Å². The third-order valence-electron chi connectivity index (χ3n) is 3.92. The van der Waals surface area contributed by atoms with Crippen molar-refractivity contribution in [3.05, 3.63) is 53.4 Å². The standard InChI is InChI=1S/C16H15N3OS/c20-16(14-9-11-3-1-2-4-13(11)21-14)18-12-5-6-15-17-7-8-19(15)10-12/h1-4,7-9,12H,5-6,10H2,(H,18,20). The molecule has 5 heteroatoms. The lowest BCUT2D eigenvalue weighted by Crippen LogP contribution is -2.40. The Balaban J connectivity index is 1.51. The van der Waals surface area contributed by atoms with E-state index < -0.39 is 0 Å². The minimum absolute atomic E-state index is 0.0322. The summed E-state index contributed by atoms with van der Waals surface area (Å²) in [4.78, 5) is 17.5. The monoisotopic (exact) mass is 297 g/mol. The van der Waals surface area contributed by atoms with E-state index in [-0.39, 0.29) is 11.9 Å². The Labute approximate surface area is 126 Å². The maximum Gasteiger partial charge on any atom is 0.261 e. The average Bonchev–Trinajstić information content (AvgIpc) is 3.13. The SMILES string of the molecule is O=C(NC1CCc2nccn2C1)c1cc2ccccc2s1. The molecule has 106 valence electrons. The lowest BCUT2D eigenvalue weighted by atomic mass is 10.1. The smallest absolute Gasteiger partial charge is 0.261 e. The molecule has 2 aromatic heterocycles. The van der Waals surface area contributed by atoms with E-state index in [4.69, 9.17) is 0 Å². The first kappa shape index (κ1) is 12.6. The maximum atomic E-state index is 12.4. The van der Waals surface area contributed by atoms with E-state index in [0.29, 0.717) is 0 Å². The Bertz CT molecular complexity index is 772. The summed E-state index contributed by atoms with van der Waals surface area (Å²) in [6.07, 6.45) is 5.68. The van der Waals surface area contributed by atoms with E-state index in [9.17, 15) is 4.79 Å². The second-order valence-electron chi connectivity index (χ2n) is 5.35. The van der Waals surface area contributed by atoms with Gasteiger partial charge >= 0.3 is 0 Å². The third-order valence-corrected chi connectivity index (χ3v) is 5.03. The van der Waals surface area contributed by atoms with Crippen LogP contribution in [0.4, 0.5) is 0 Å². The molecule has 1 N–H and O–H groups in total. The Hall–Kier alpha value is -2.14. The van der Waals surface area contributed by atoms with Gasteiger partial charge in [0.15, 0.2) is 0 Å². The highest BCUT2D eigenvalue weighted by Crippen LogP contribution is 2.25. The lowest BCUT2D eigenvalue weighted by Gasteiger charge is -2.24. The van der Waals surface area contributed by atoms with Crippen LogP contribution in [0.25, 0.3) is 10.1 Å². The van der Waals surface area contributed by atoms with Crippen molar-refractivity contribution in [3.8, 4) is 0 Å². The van der Waals surface area contributed by atoms with E-state index in [1.165, 1.54) is 0 Å². The Kier molecular flexibility index (Phi) is 3.00. The quantitative estimate of drug-likeness (QED) is 0.790.